The van der Waals surface area contributed by atoms with E-state index < -0.39 is 0 Å². The Balaban J connectivity index is 1.80. The number of carbonyl (C=O) groups is 1. The lowest BCUT2D eigenvalue weighted by Gasteiger charge is -2.21. The Labute approximate surface area is 184 Å². The fraction of sp³-hybridized carbons (Fsp3) is 0.0800. The summed E-state index contributed by atoms with van der Waals surface area (Å²) in [5.74, 6) is 1.35. The average Bonchev–Trinajstić information content (AvgIpc) is 3.10. The van der Waals surface area contributed by atoms with Gasteiger partial charge < -0.3 is 9.47 Å². The van der Waals surface area contributed by atoms with Crippen LogP contribution in [0.5, 0.6) is 11.5 Å². The maximum atomic E-state index is 13.4. The molecule has 30 heavy (non-hydrogen) atoms. The highest BCUT2D eigenvalue weighted by atomic mass is 79.9. The first-order chi connectivity index (χ1) is 14.6. The number of methoxy groups -OCH3 is 2. The number of rotatable bonds is 5. The molecule has 5 heteroatoms. The zero-order valence-corrected chi connectivity index (χ0v) is 18.2. The number of anilines is 1. The zero-order valence-electron chi connectivity index (χ0n) is 16.6. The molecule has 0 fully saturated rings. The largest absolute Gasteiger partial charge is 0.497 e. The summed E-state index contributed by atoms with van der Waals surface area (Å²) in [6.45, 7) is 0. The van der Waals surface area contributed by atoms with Gasteiger partial charge in [-0.1, -0.05) is 42.5 Å². The topological polar surface area (TPSA) is 38.8 Å². The summed E-state index contributed by atoms with van der Waals surface area (Å²) in [5.41, 5.74) is 4.06. The molecule has 0 radical (unpaired) electrons. The van der Waals surface area contributed by atoms with Gasteiger partial charge in [0.1, 0.15) is 11.5 Å². The van der Waals surface area contributed by atoms with Crippen LogP contribution in [0.4, 0.5) is 5.69 Å². The molecule has 3 aromatic carbocycles. The van der Waals surface area contributed by atoms with E-state index in [2.05, 4.69) is 15.9 Å². The Hall–Kier alpha value is -3.31. The van der Waals surface area contributed by atoms with Crippen molar-refractivity contribution in [2.24, 2.45) is 0 Å². The fourth-order valence-electron chi connectivity index (χ4n) is 3.39. The van der Waals surface area contributed by atoms with Crippen molar-refractivity contribution >= 4 is 39.3 Å². The minimum absolute atomic E-state index is 0.0888. The minimum Gasteiger partial charge on any atom is -0.497 e. The van der Waals surface area contributed by atoms with E-state index in [-0.39, 0.29) is 5.91 Å². The number of ether oxygens (including phenoxy) is 2. The van der Waals surface area contributed by atoms with E-state index in [0.29, 0.717) is 11.3 Å². The Morgan fingerprint density at radius 2 is 1.70 bits per heavy atom. The number of hydrogen-bond acceptors (Lipinski definition) is 3. The number of amides is 1. The van der Waals surface area contributed by atoms with Gasteiger partial charge >= 0.3 is 0 Å². The molecular formula is C25H20BrNO3. The highest BCUT2D eigenvalue weighted by Crippen LogP contribution is 2.37. The molecule has 150 valence electrons. The monoisotopic (exact) mass is 461 g/mol. The van der Waals surface area contributed by atoms with E-state index in [1.807, 2.05) is 84.9 Å². The molecule has 4 nitrogen and oxygen atoms in total. The van der Waals surface area contributed by atoms with Gasteiger partial charge in [-0.25, -0.2) is 0 Å². The van der Waals surface area contributed by atoms with E-state index in [9.17, 15) is 4.79 Å². The zero-order chi connectivity index (χ0) is 21.1. The minimum atomic E-state index is -0.0888. The smallest absolute Gasteiger partial charge is 0.262 e. The third-order valence-corrected chi connectivity index (χ3v) is 5.48. The van der Waals surface area contributed by atoms with Gasteiger partial charge in [0.05, 0.1) is 30.1 Å². The summed E-state index contributed by atoms with van der Waals surface area (Å²) in [5, 5.41) is 0. The van der Waals surface area contributed by atoms with Gasteiger partial charge in [0.2, 0.25) is 0 Å². The quantitative estimate of drug-likeness (QED) is 0.441. The van der Waals surface area contributed by atoms with E-state index in [4.69, 9.17) is 9.47 Å². The van der Waals surface area contributed by atoms with Crippen LogP contribution in [0.2, 0.25) is 0 Å². The van der Waals surface area contributed by atoms with Crippen LogP contribution in [0.3, 0.4) is 0 Å². The number of nitrogens with zero attached hydrogens (tertiary/aromatic N) is 1. The second-order valence-corrected chi connectivity index (χ2v) is 7.59. The van der Waals surface area contributed by atoms with Gasteiger partial charge in [-0.2, -0.15) is 0 Å². The Bertz CT molecular complexity index is 1150. The lowest BCUT2D eigenvalue weighted by atomic mass is 10.1. The highest BCUT2D eigenvalue weighted by molar-refractivity contribution is 9.10. The fourth-order valence-corrected chi connectivity index (χ4v) is 3.95. The molecule has 0 saturated heterocycles. The molecule has 4 rings (SSSR count). The van der Waals surface area contributed by atoms with E-state index >= 15 is 0 Å². The summed E-state index contributed by atoms with van der Waals surface area (Å²) < 4.78 is 11.5. The van der Waals surface area contributed by atoms with Crippen LogP contribution in [0.15, 0.2) is 88.9 Å². The van der Waals surface area contributed by atoms with Crippen molar-refractivity contribution in [2.45, 2.75) is 0 Å². The van der Waals surface area contributed by atoms with Gasteiger partial charge in [0, 0.05) is 11.6 Å². The molecule has 1 aliphatic rings. The second-order valence-electron chi connectivity index (χ2n) is 6.73. The molecule has 1 amide bonds. The SMILES string of the molecule is COc1cccc(N2C(=O)/C(=C\c3ccc(OC)c(Br)c3)C=C2c2ccccc2)c1. The molecule has 0 aromatic heterocycles. The van der Waals surface area contributed by atoms with Crippen LogP contribution in [-0.4, -0.2) is 20.1 Å². The van der Waals surface area contributed by atoms with E-state index in [1.165, 1.54) is 0 Å². The van der Waals surface area contributed by atoms with Crippen LogP contribution in [0.25, 0.3) is 11.8 Å². The molecule has 0 spiro atoms. The van der Waals surface area contributed by atoms with Crippen LogP contribution in [-0.2, 0) is 4.79 Å². The maximum Gasteiger partial charge on any atom is 0.262 e. The normalized spacial score (nSPS) is 14.8. The van der Waals surface area contributed by atoms with E-state index in [0.717, 1.165) is 32.7 Å². The second kappa shape index (κ2) is 8.59. The average molecular weight is 462 g/mol. The van der Waals surface area contributed by atoms with Crippen LogP contribution in [0.1, 0.15) is 11.1 Å². The van der Waals surface area contributed by atoms with Gasteiger partial charge in [0.15, 0.2) is 0 Å². The summed E-state index contributed by atoms with van der Waals surface area (Å²) in [4.78, 5) is 15.2. The van der Waals surface area contributed by atoms with Gasteiger partial charge in [-0.15, -0.1) is 0 Å². The molecule has 0 N–H and O–H groups in total. The summed E-state index contributed by atoms with van der Waals surface area (Å²) >= 11 is 3.51. The standard InChI is InChI=1S/C25H20BrNO3/c1-29-21-10-6-9-20(16-21)27-23(18-7-4-3-5-8-18)15-19(25(27)28)13-17-11-12-24(30-2)22(26)14-17/h3-16H,1-2H3/b19-13-. The highest BCUT2D eigenvalue weighted by Gasteiger charge is 2.30. The molecule has 0 atom stereocenters. The summed E-state index contributed by atoms with van der Waals surface area (Å²) in [7, 11) is 3.24. The molecule has 3 aromatic rings. The Morgan fingerprint density at radius 1 is 0.900 bits per heavy atom. The third-order valence-electron chi connectivity index (χ3n) is 4.86. The first-order valence-electron chi connectivity index (χ1n) is 9.41. The maximum absolute atomic E-state index is 13.4. The van der Waals surface area contributed by atoms with Crippen molar-refractivity contribution in [1.29, 1.82) is 0 Å². The van der Waals surface area contributed by atoms with Crippen LogP contribution < -0.4 is 14.4 Å². The van der Waals surface area contributed by atoms with Crippen molar-refractivity contribution < 1.29 is 14.3 Å². The van der Waals surface area contributed by atoms with E-state index in [1.54, 1.807) is 19.1 Å². The molecule has 0 unspecified atom stereocenters. The third kappa shape index (κ3) is 3.89. The van der Waals surface area contributed by atoms with Gasteiger partial charge in [0.25, 0.3) is 5.91 Å². The lowest BCUT2D eigenvalue weighted by Crippen LogP contribution is -2.24. The van der Waals surface area contributed by atoms with Gasteiger partial charge in [-0.3, -0.25) is 9.69 Å². The number of carbonyl (C=O) groups excluding carboxylic acids is 1. The van der Waals surface area contributed by atoms with Crippen molar-refractivity contribution in [3.63, 3.8) is 0 Å². The molecule has 0 saturated carbocycles. The predicted molar refractivity (Wildman–Crippen MR) is 124 cm³/mol. The molecule has 0 bridgehead atoms. The first kappa shape index (κ1) is 20.0. The summed E-state index contributed by atoms with van der Waals surface area (Å²) in [6, 6.07) is 23.1. The number of halogens is 1. The lowest BCUT2D eigenvalue weighted by molar-refractivity contribution is -0.113. The van der Waals surface area contributed by atoms with Crippen molar-refractivity contribution in [1.82, 2.24) is 0 Å². The predicted octanol–water partition coefficient (Wildman–Crippen LogP) is 5.94. The first-order valence-corrected chi connectivity index (χ1v) is 10.2. The van der Waals surface area contributed by atoms with Crippen LogP contribution in [0, 0.1) is 0 Å². The Kier molecular flexibility index (Phi) is 5.72. The van der Waals surface area contributed by atoms with Crippen LogP contribution >= 0.6 is 15.9 Å². The van der Waals surface area contributed by atoms with Crippen molar-refractivity contribution in [2.75, 3.05) is 19.1 Å². The number of hydrogen-bond donors (Lipinski definition) is 0. The Morgan fingerprint density at radius 3 is 2.40 bits per heavy atom. The van der Waals surface area contributed by atoms with Crippen molar-refractivity contribution in [3.05, 3.63) is 100 Å². The van der Waals surface area contributed by atoms with Crippen molar-refractivity contribution in [3.8, 4) is 11.5 Å². The molecular weight excluding hydrogens is 442 g/mol. The molecule has 1 aliphatic heterocycles. The van der Waals surface area contributed by atoms with Gasteiger partial charge in [-0.05, 0) is 63.5 Å². The molecule has 0 aliphatic carbocycles. The molecule has 1 heterocycles. The number of benzene rings is 3. The summed E-state index contributed by atoms with van der Waals surface area (Å²) in [6.07, 6.45) is 3.81.